The normalized spacial score (nSPS) is 12.5. The largest absolute Gasteiger partial charge is 0.480 e. The molecule has 0 unspecified atom stereocenters. The summed E-state index contributed by atoms with van der Waals surface area (Å²) in [6.07, 6.45) is 0.223. The van der Waals surface area contributed by atoms with Gasteiger partial charge in [-0.05, 0) is 34.7 Å². The Hall–Kier alpha value is -1.66. The number of carboxylic acid groups (broad SMARTS) is 1. The highest BCUT2D eigenvalue weighted by Gasteiger charge is 2.22. The molecule has 1 atom stereocenters. The van der Waals surface area contributed by atoms with Gasteiger partial charge in [0.15, 0.2) is 0 Å². The van der Waals surface area contributed by atoms with Gasteiger partial charge >= 0.3 is 5.97 Å². The molecule has 2 rings (SSSR count). The molecule has 0 bridgehead atoms. The highest BCUT2D eigenvalue weighted by atomic mass is 79.9. The van der Waals surface area contributed by atoms with Crippen LogP contribution in [0.15, 0.2) is 51.4 Å². The fourth-order valence-electron chi connectivity index (χ4n) is 2.50. The van der Waals surface area contributed by atoms with Crippen molar-refractivity contribution in [2.45, 2.75) is 38.6 Å². The SMILES string of the molecule is CC(C)(C)c1ccc(C[C@H](NC(=O)c2cc(Br)cc(Br)c2)C(=O)O)cc1. The number of carbonyl (C=O) groups excluding carboxylic acids is 1. The van der Waals surface area contributed by atoms with Crippen LogP contribution in [0.4, 0.5) is 0 Å². The van der Waals surface area contributed by atoms with Gasteiger partial charge in [-0.2, -0.15) is 0 Å². The van der Waals surface area contributed by atoms with Gasteiger partial charge in [-0.25, -0.2) is 4.79 Å². The van der Waals surface area contributed by atoms with Gasteiger partial charge in [0.05, 0.1) is 0 Å². The topological polar surface area (TPSA) is 66.4 Å². The minimum Gasteiger partial charge on any atom is -0.480 e. The van der Waals surface area contributed by atoms with E-state index in [1.165, 1.54) is 5.56 Å². The zero-order chi connectivity index (χ0) is 19.5. The number of amides is 1. The maximum atomic E-state index is 12.4. The van der Waals surface area contributed by atoms with Crippen molar-refractivity contribution in [1.29, 1.82) is 0 Å². The van der Waals surface area contributed by atoms with E-state index < -0.39 is 17.9 Å². The fourth-order valence-corrected chi connectivity index (χ4v) is 3.80. The second-order valence-corrected chi connectivity index (χ2v) is 9.00. The molecule has 0 saturated heterocycles. The highest BCUT2D eigenvalue weighted by Crippen LogP contribution is 2.23. The summed E-state index contributed by atoms with van der Waals surface area (Å²) in [4.78, 5) is 24.0. The van der Waals surface area contributed by atoms with Crippen molar-refractivity contribution in [2.24, 2.45) is 0 Å². The Labute approximate surface area is 170 Å². The highest BCUT2D eigenvalue weighted by molar-refractivity contribution is 9.11. The molecule has 0 radical (unpaired) electrons. The third kappa shape index (κ3) is 5.68. The number of benzene rings is 2. The summed E-state index contributed by atoms with van der Waals surface area (Å²) in [6.45, 7) is 6.37. The lowest BCUT2D eigenvalue weighted by atomic mass is 9.86. The van der Waals surface area contributed by atoms with Crippen LogP contribution in [0.1, 0.15) is 42.3 Å². The van der Waals surface area contributed by atoms with Gasteiger partial charge in [0.25, 0.3) is 5.91 Å². The first-order valence-electron chi connectivity index (χ1n) is 8.15. The average Bonchev–Trinajstić information content (AvgIpc) is 2.52. The summed E-state index contributed by atoms with van der Waals surface area (Å²) in [6, 6.07) is 11.9. The minimum absolute atomic E-state index is 0.0347. The van der Waals surface area contributed by atoms with Gasteiger partial charge in [-0.3, -0.25) is 4.79 Å². The van der Waals surface area contributed by atoms with Gasteiger partial charge in [0, 0.05) is 20.9 Å². The van der Waals surface area contributed by atoms with E-state index in [9.17, 15) is 14.7 Å². The molecule has 0 aliphatic rings. The molecule has 4 nitrogen and oxygen atoms in total. The first-order chi connectivity index (χ1) is 12.1. The number of hydrogen-bond acceptors (Lipinski definition) is 2. The van der Waals surface area contributed by atoms with Crippen molar-refractivity contribution >= 4 is 43.7 Å². The standard InChI is InChI=1S/C20H21Br2NO3/c1-20(2,3)14-6-4-12(5-7-14)8-17(19(25)26)23-18(24)13-9-15(21)11-16(22)10-13/h4-7,9-11,17H,8H2,1-3H3,(H,23,24)(H,25,26)/t17-/m0/s1. The molecule has 6 heteroatoms. The molecule has 0 heterocycles. The van der Waals surface area contributed by atoms with Crippen LogP contribution in [0.3, 0.4) is 0 Å². The summed E-state index contributed by atoms with van der Waals surface area (Å²) < 4.78 is 1.48. The number of hydrogen-bond donors (Lipinski definition) is 2. The maximum absolute atomic E-state index is 12.4. The number of rotatable bonds is 5. The molecule has 0 saturated carbocycles. The fraction of sp³-hybridized carbons (Fsp3) is 0.300. The zero-order valence-corrected chi connectivity index (χ0v) is 18.0. The van der Waals surface area contributed by atoms with Crippen LogP contribution in [0.2, 0.25) is 0 Å². The maximum Gasteiger partial charge on any atom is 0.326 e. The van der Waals surface area contributed by atoms with Crippen LogP contribution >= 0.6 is 31.9 Å². The lowest BCUT2D eigenvalue weighted by Gasteiger charge is -2.20. The molecule has 0 spiro atoms. The summed E-state index contributed by atoms with van der Waals surface area (Å²) in [7, 11) is 0. The van der Waals surface area contributed by atoms with Crippen LogP contribution in [-0.4, -0.2) is 23.0 Å². The van der Waals surface area contributed by atoms with Gasteiger partial charge in [-0.15, -0.1) is 0 Å². The summed E-state index contributed by atoms with van der Waals surface area (Å²) >= 11 is 6.65. The second-order valence-electron chi connectivity index (χ2n) is 7.17. The Morgan fingerprint density at radius 2 is 1.58 bits per heavy atom. The minimum atomic E-state index is -1.06. The Morgan fingerprint density at radius 1 is 1.04 bits per heavy atom. The van der Waals surface area contributed by atoms with E-state index >= 15 is 0 Å². The van der Waals surface area contributed by atoms with Gasteiger partial charge < -0.3 is 10.4 Å². The van der Waals surface area contributed by atoms with E-state index in [0.29, 0.717) is 5.56 Å². The molecule has 138 valence electrons. The van der Waals surface area contributed by atoms with Crippen molar-refractivity contribution in [1.82, 2.24) is 5.32 Å². The molecule has 0 aliphatic heterocycles. The molecule has 0 fully saturated rings. The molecule has 0 aromatic heterocycles. The zero-order valence-electron chi connectivity index (χ0n) is 14.8. The van der Waals surface area contributed by atoms with Crippen molar-refractivity contribution in [3.63, 3.8) is 0 Å². The molecule has 2 aromatic rings. The van der Waals surface area contributed by atoms with E-state index in [1.807, 2.05) is 30.3 Å². The number of carbonyl (C=O) groups is 2. The van der Waals surface area contributed by atoms with Crippen molar-refractivity contribution in [3.8, 4) is 0 Å². The van der Waals surface area contributed by atoms with E-state index in [2.05, 4.69) is 57.9 Å². The molecule has 2 N–H and O–H groups in total. The molecule has 0 aliphatic carbocycles. The van der Waals surface area contributed by atoms with Gasteiger partial charge in [-0.1, -0.05) is 76.9 Å². The van der Waals surface area contributed by atoms with Crippen molar-refractivity contribution < 1.29 is 14.7 Å². The third-order valence-electron chi connectivity index (χ3n) is 3.99. The Kier molecular flexibility index (Phi) is 6.64. The molecule has 1 amide bonds. The Balaban J connectivity index is 2.14. The number of halogens is 2. The molecule has 2 aromatic carbocycles. The Morgan fingerprint density at radius 3 is 2.04 bits per heavy atom. The summed E-state index contributed by atoms with van der Waals surface area (Å²) in [5, 5.41) is 12.1. The van der Waals surface area contributed by atoms with Crippen molar-refractivity contribution in [3.05, 3.63) is 68.1 Å². The Bertz CT molecular complexity index is 791. The van der Waals surface area contributed by atoms with Gasteiger partial charge in [0.1, 0.15) is 6.04 Å². The average molecular weight is 483 g/mol. The summed E-state index contributed by atoms with van der Waals surface area (Å²) in [5.74, 6) is -1.49. The van der Waals surface area contributed by atoms with Gasteiger partial charge in [0.2, 0.25) is 0 Å². The quantitative estimate of drug-likeness (QED) is 0.634. The smallest absolute Gasteiger partial charge is 0.326 e. The van der Waals surface area contributed by atoms with Crippen LogP contribution in [0.25, 0.3) is 0 Å². The monoisotopic (exact) mass is 481 g/mol. The van der Waals surface area contributed by atoms with E-state index in [4.69, 9.17) is 0 Å². The van der Waals surface area contributed by atoms with Crippen LogP contribution in [0, 0.1) is 0 Å². The number of carboxylic acids is 1. The predicted molar refractivity (Wildman–Crippen MR) is 110 cm³/mol. The predicted octanol–water partition coefficient (Wildman–Crippen LogP) is 4.93. The van der Waals surface area contributed by atoms with Crippen LogP contribution in [-0.2, 0) is 16.6 Å². The number of nitrogens with one attached hydrogen (secondary N) is 1. The second kappa shape index (κ2) is 8.35. The first-order valence-corrected chi connectivity index (χ1v) is 9.74. The summed E-state index contributed by atoms with van der Waals surface area (Å²) in [5.41, 5.74) is 2.46. The first kappa shape index (κ1) is 20.6. The van der Waals surface area contributed by atoms with Crippen LogP contribution < -0.4 is 5.32 Å². The molecule has 26 heavy (non-hydrogen) atoms. The van der Waals surface area contributed by atoms with E-state index in [0.717, 1.165) is 14.5 Å². The van der Waals surface area contributed by atoms with Crippen LogP contribution in [0.5, 0.6) is 0 Å². The molecular weight excluding hydrogens is 462 g/mol. The molecular formula is C20H21Br2NO3. The lowest BCUT2D eigenvalue weighted by molar-refractivity contribution is -0.139. The van der Waals surface area contributed by atoms with E-state index in [1.54, 1.807) is 12.1 Å². The third-order valence-corrected chi connectivity index (χ3v) is 4.90. The lowest BCUT2D eigenvalue weighted by Crippen LogP contribution is -2.42. The number of aliphatic carboxylic acids is 1. The van der Waals surface area contributed by atoms with E-state index in [-0.39, 0.29) is 11.8 Å². The van der Waals surface area contributed by atoms with Crippen molar-refractivity contribution in [2.75, 3.05) is 0 Å².